The number of para-hydroxylation sites is 2. The molecule has 0 bridgehead atoms. The highest BCUT2D eigenvalue weighted by Gasteiger charge is 2.24. The van der Waals surface area contributed by atoms with Crippen LogP contribution >= 0.6 is 0 Å². The number of hydrogen-bond donors (Lipinski definition) is 1. The molecular weight excluding hydrogens is 426 g/mol. The lowest BCUT2D eigenvalue weighted by Gasteiger charge is -2.20. The number of anilines is 1. The predicted molar refractivity (Wildman–Crippen MR) is 125 cm³/mol. The Morgan fingerprint density at radius 2 is 1.81 bits per heavy atom. The Hall–Kier alpha value is -3.13. The molecule has 1 aliphatic rings. The summed E-state index contributed by atoms with van der Waals surface area (Å²) in [4.78, 5) is 12.7. The summed E-state index contributed by atoms with van der Waals surface area (Å²) in [5, 5.41) is 4.50. The number of benzene rings is 2. The molecule has 1 heterocycles. The molecule has 168 valence electrons. The predicted octanol–water partition coefficient (Wildman–Crippen LogP) is 3.83. The van der Waals surface area contributed by atoms with Gasteiger partial charge >= 0.3 is 0 Å². The molecule has 0 unspecified atom stereocenters. The second kappa shape index (κ2) is 8.78. The first-order valence-corrected chi connectivity index (χ1v) is 12.2. The van der Waals surface area contributed by atoms with E-state index in [4.69, 9.17) is 4.74 Å². The summed E-state index contributed by atoms with van der Waals surface area (Å²) in [6.07, 6.45) is 3.46. The van der Waals surface area contributed by atoms with Gasteiger partial charge in [0.1, 0.15) is 5.75 Å². The molecule has 1 aliphatic carbocycles. The fourth-order valence-electron chi connectivity index (χ4n) is 4.15. The minimum absolute atomic E-state index is 0.0717. The lowest BCUT2D eigenvalue weighted by Crippen LogP contribution is -2.28. The van der Waals surface area contributed by atoms with Gasteiger partial charge in [0.2, 0.25) is 0 Å². The summed E-state index contributed by atoms with van der Waals surface area (Å²) >= 11 is 0. The Kier molecular flexibility index (Phi) is 6.06. The second-order valence-electron chi connectivity index (χ2n) is 7.96. The van der Waals surface area contributed by atoms with Crippen molar-refractivity contribution in [3.63, 3.8) is 0 Å². The van der Waals surface area contributed by atoms with Crippen molar-refractivity contribution in [2.75, 3.05) is 11.3 Å². The highest BCUT2D eigenvalue weighted by molar-refractivity contribution is 7.92. The Labute approximate surface area is 188 Å². The maximum Gasteiger partial charge on any atom is 0.269 e. The first-order valence-electron chi connectivity index (χ1n) is 10.8. The van der Waals surface area contributed by atoms with Gasteiger partial charge in [-0.15, -0.1) is 0 Å². The standard InChI is InChI=1S/C24H27N3O4S/c1-4-31-21-12-8-7-11-20(21)26-32(29,30)22-15-17(14-13-16(22)2)23-18-9-5-6-10-19(18)24(28)27(3)25-23/h7-8,11-15,26H,4-6,9-10H2,1-3H3. The number of aryl methyl sites for hydroxylation is 2. The topological polar surface area (TPSA) is 90.3 Å². The number of sulfonamides is 1. The Morgan fingerprint density at radius 3 is 2.56 bits per heavy atom. The van der Waals surface area contributed by atoms with E-state index in [9.17, 15) is 13.2 Å². The van der Waals surface area contributed by atoms with Crippen LogP contribution in [0.4, 0.5) is 5.69 Å². The summed E-state index contributed by atoms with van der Waals surface area (Å²) in [6.45, 7) is 4.03. The maximum absolute atomic E-state index is 13.3. The molecule has 0 fully saturated rings. The van der Waals surface area contributed by atoms with Gasteiger partial charge in [0.25, 0.3) is 15.6 Å². The highest BCUT2D eigenvalue weighted by atomic mass is 32.2. The molecule has 0 radical (unpaired) electrons. The average Bonchev–Trinajstić information content (AvgIpc) is 2.78. The minimum atomic E-state index is -3.88. The molecule has 8 heteroatoms. The van der Waals surface area contributed by atoms with Crippen molar-refractivity contribution in [3.05, 3.63) is 69.5 Å². The van der Waals surface area contributed by atoms with Gasteiger partial charge in [0.15, 0.2) is 0 Å². The Balaban J connectivity index is 1.80. The van der Waals surface area contributed by atoms with E-state index in [0.717, 1.165) is 36.8 Å². The van der Waals surface area contributed by atoms with Crippen LogP contribution in [0.1, 0.15) is 36.5 Å². The first-order chi connectivity index (χ1) is 15.3. The molecule has 1 aromatic heterocycles. The zero-order chi connectivity index (χ0) is 22.9. The summed E-state index contributed by atoms with van der Waals surface area (Å²) in [7, 11) is -2.24. The van der Waals surface area contributed by atoms with Crippen LogP contribution in [0, 0.1) is 6.92 Å². The van der Waals surface area contributed by atoms with Gasteiger partial charge < -0.3 is 4.74 Å². The number of aromatic nitrogens is 2. The van der Waals surface area contributed by atoms with Gasteiger partial charge in [-0.05, 0) is 68.9 Å². The molecule has 0 saturated heterocycles. The highest BCUT2D eigenvalue weighted by Crippen LogP contribution is 2.32. The zero-order valence-electron chi connectivity index (χ0n) is 18.5. The van der Waals surface area contributed by atoms with Crippen molar-refractivity contribution in [2.24, 2.45) is 7.05 Å². The normalized spacial score (nSPS) is 13.5. The summed E-state index contributed by atoms with van der Waals surface area (Å²) in [5.41, 5.74) is 4.01. The van der Waals surface area contributed by atoms with E-state index < -0.39 is 10.0 Å². The molecule has 2 aromatic carbocycles. The lowest BCUT2D eigenvalue weighted by atomic mass is 9.89. The fraction of sp³-hybridized carbons (Fsp3) is 0.333. The maximum atomic E-state index is 13.3. The van der Waals surface area contributed by atoms with Gasteiger partial charge in [-0.3, -0.25) is 9.52 Å². The van der Waals surface area contributed by atoms with Crippen molar-refractivity contribution in [1.29, 1.82) is 0 Å². The lowest BCUT2D eigenvalue weighted by molar-refractivity contribution is 0.342. The molecule has 7 nitrogen and oxygen atoms in total. The van der Waals surface area contributed by atoms with Crippen molar-refractivity contribution >= 4 is 15.7 Å². The van der Waals surface area contributed by atoms with Gasteiger partial charge in [-0.25, -0.2) is 13.1 Å². The molecule has 0 saturated carbocycles. The second-order valence-corrected chi connectivity index (χ2v) is 9.61. The molecule has 0 atom stereocenters. The van der Waals surface area contributed by atoms with E-state index in [1.807, 2.05) is 13.0 Å². The van der Waals surface area contributed by atoms with E-state index in [0.29, 0.717) is 34.9 Å². The molecule has 4 rings (SSSR count). The fourth-order valence-corrected chi connectivity index (χ4v) is 5.50. The molecule has 0 amide bonds. The Bertz CT molecular complexity index is 1330. The van der Waals surface area contributed by atoms with Crippen LogP contribution < -0.4 is 15.0 Å². The monoisotopic (exact) mass is 453 g/mol. The van der Waals surface area contributed by atoms with E-state index in [-0.39, 0.29) is 10.5 Å². The SMILES string of the molecule is CCOc1ccccc1NS(=O)(=O)c1cc(-c2nn(C)c(=O)c3c2CCCC3)ccc1C. The van der Waals surface area contributed by atoms with Crippen LogP contribution in [0.2, 0.25) is 0 Å². The minimum Gasteiger partial charge on any atom is -0.492 e. The largest absolute Gasteiger partial charge is 0.492 e. The number of rotatable bonds is 6. The van der Waals surface area contributed by atoms with Crippen LogP contribution in [0.15, 0.2) is 52.2 Å². The third kappa shape index (κ3) is 4.14. The van der Waals surface area contributed by atoms with E-state index in [1.165, 1.54) is 4.68 Å². The van der Waals surface area contributed by atoms with Gasteiger partial charge in [-0.2, -0.15) is 5.10 Å². The van der Waals surface area contributed by atoms with E-state index in [1.54, 1.807) is 50.4 Å². The van der Waals surface area contributed by atoms with Gasteiger partial charge in [-0.1, -0.05) is 24.3 Å². The molecular formula is C24H27N3O4S. The van der Waals surface area contributed by atoms with Crippen LogP contribution in [0.25, 0.3) is 11.3 Å². The van der Waals surface area contributed by atoms with Gasteiger partial charge in [0.05, 0.1) is 22.9 Å². The molecule has 32 heavy (non-hydrogen) atoms. The van der Waals surface area contributed by atoms with E-state index in [2.05, 4.69) is 9.82 Å². The van der Waals surface area contributed by atoms with Crippen molar-refractivity contribution < 1.29 is 13.2 Å². The molecule has 3 aromatic rings. The first kappa shape index (κ1) is 22.1. The van der Waals surface area contributed by atoms with E-state index >= 15 is 0 Å². The number of hydrogen-bond acceptors (Lipinski definition) is 5. The average molecular weight is 454 g/mol. The number of fused-ring (bicyclic) bond motifs is 1. The van der Waals surface area contributed by atoms with Crippen molar-refractivity contribution in [3.8, 4) is 17.0 Å². The summed E-state index contributed by atoms with van der Waals surface area (Å²) in [6, 6.07) is 12.2. The van der Waals surface area contributed by atoms with Crippen molar-refractivity contribution in [2.45, 2.75) is 44.4 Å². The van der Waals surface area contributed by atoms with Crippen molar-refractivity contribution in [1.82, 2.24) is 9.78 Å². The van der Waals surface area contributed by atoms with Crippen LogP contribution in [-0.2, 0) is 29.9 Å². The van der Waals surface area contributed by atoms with Crippen LogP contribution in [-0.4, -0.2) is 24.8 Å². The van der Waals surface area contributed by atoms with Crippen LogP contribution in [0.3, 0.4) is 0 Å². The third-order valence-electron chi connectivity index (χ3n) is 5.74. The number of nitrogens with zero attached hydrogens (tertiary/aromatic N) is 2. The van der Waals surface area contributed by atoms with Crippen LogP contribution in [0.5, 0.6) is 5.75 Å². The molecule has 0 aliphatic heterocycles. The summed E-state index contributed by atoms with van der Waals surface area (Å²) < 4.78 is 36.2. The Morgan fingerprint density at radius 1 is 1.09 bits per heavy atom. The van der Waals surface area contributed by atoms with Gasteiger partial charge in [0, 0.05) is 18.2 Å². The smallest absolute Gasteiger partial charge is 0.269 e. The quantitative estimate of drug-likeness (QED) is 0.613. The number of nitrogens with one attached hydrogen (secondary N) is 1. The zero-order valence-corrected chi connectivity index (χ0v) is 19.3. The number of ether oxygens (including phenoxy) is 1. The summed E-state index contributed by atoms with van der Waals surface area (Å²) in [5.74, 6) is 0.473. The third-order valence-corrected chi connectivity index (χ3v) is 7.25. The molecule has 0 spiro atoms. The molecule has 1 N–H and O–H groups in total.